The Morgan fingerprint density at radius 1 is 1.12 bits per heavy atom. The van der Waals surface area contributed by atoms with Gasteiger partial charge in [-0.1, -0.05) is 0 Å². The highest BCUT2D eigenvalue weighted by atomic mass is 16.5. The van der Waals surface area contributed by atoms with Gasteiger partial charge >= 0.3 is 0 Å². The van der Waals surface area contributed by atoms with Gasteiger partial charge in [0, 0.05) is 44.0 Å². The smallest absolute Gasteiger partial charge is 0.229 e. The molecule has 9 nitrogen and oxygen atoms in total. The Morgan fingerprint density at radius 3 is 2.68 bits per heavy atom. The van der Waals surface area contributed by atoms with E-state index < -0.39 is 0 Å². The largest absolute Gasteiger partial charge is 0.494 e. The summed E-state index contributed by atoms with van der Waals surface area (Å²) in [5, 5.41) is 13.4. The number of likely N-dealkylation sites (N-methyl/N-ethyl adjacent to an activating group) is 2. The highest BCUT2D eigenvalue weighted by molar-refractivity contribution is 5.83. The average molecular weight is 457 g/mol. The molecule has 0 fully saturated rings. The Balaban J connectivity index is 1.62. The molecule has 0 saturated heterocycles. The van der Waals surface area contributed by atoms with Crippen LogP contribution in [0.3, 0.4) is 0 Å². The lowest BCUT2D eigenvalue weighted by Crippen LogP contribution is -2.29. The first kappa shape index (κ1) is 22.9. The number of fused-ring (bicyclic) bond motifs is 1. The van der Waals surface area contributed by atoms with Crippen LogP contribution in [-0.4, -0.2) is 60.8 Å². The molecule has 0 spiro atoms. The normalized spacial score (nSPS) is 10.9. The van der Waals surface area contributed by atoms with Gasteiger partial charge < -0.3 is 30.2 Å². The number of nitriles is 1. The van der Waals surface area contributed by atoms with Crippen LogP contribution in [0.25, 0.3) is 16.7 Å². The van der Waals surface area contributed by atoms with E-state index in [2.05, 4.69) is 31.2 Å². The fourth-order valence-corrected chi connectivity index (χ4v) is 3.73. The Morgan fingerprint density at radius 2 is 1.94 bits per heavy atom. The van der Waals surface area contributed by atoms with Crippen molar-refractivity contribution in [1.29, 1.82) is 5.26 Å². The predicted octanol–water partition coefficient (Wildman–Crippen LogP) is 3.62. The summed E-state index contributed by atoms with van der Waals surface area (Å²) in [6, 6.07) is 15.3. The van der Waals surface area contributed by atoms with Gasteiger partial charge in [0.1, 0.15) is 11.6 Å². The lowest BCUT2D eigenvalue weighted by atomic mass is 10.2. The lowest BCUT2D eigenvalue weighted by molar-refractivity contribution is 0.413. The summed E-state index contributed by atoms with van der Waals surface area (Å²) in [5.74, 6) is 1.76. The van der Waals surface area contributed by atoms with Crippen LogP contribution in [0.2, 0.25) is 0 Å². The van der Waals surface area contributed by atoms with Crippen molar-refractivity contribution in [1.82, 2.24) is 19.4 Å². The molecule has 2 aromatic carbocycles. The first-order chi connectivity index (χ1) is 16.4. The summed E-state index contributed by atoms with van der Waals surface area (Å²) in [5.41, 5.74) is 10.2. The van der Waals surface area contributed by atoms with Gasteiger partial charge in [0.2, 0.25) is 5.95 Å². The van der Waals surface area contributed by atoms with Crippen LogP contribution in [0, 0.1) is 11.3 Å². The second-order valence-electron chi connectivity index (χ2n) is 8.27. The van der Waals surface area contributed by atoms with Crippen molar-refractivity contribution in [2.45, 2.75) is 0 Å². The van der Waals surface area contributed by atoms with Crippen molar-refractivity contribution < 1.29 is 4.74 Å². The highest BCUT2D eigenvalue weighted by Gasteiger charge is 2.14. The van der Waals surface area contributed by atoms with Gasteiger partial charge in [-0.25, -0.2) is 4.98 Å². The highest BCUT2D eigenvalue weighted by Crippen LogP contribution is 2.36. The molecule has 4 aromatic rings. The minimum Gasteiger partial charge on any atom is -0.494 e. The van der Waals surface area contributed by atoms with Crippen LogP contribution in [0.4, 0.5) is 23.0 Å². The van der Waals surface area contributed by atoms with Gasteiger partial charge in [-0.05, 0) is 50.5 Å². The van der Waals surface area contributed by atoms with E-state index in [0.717, 1.165) is 29.7 Å². The van der Waals surface area contributed by atoms with Crippen molar-refractivity contribution in [2.75, 3.05) is 57.3 Å². The summed E-state index contributed by atoms with van der Waals surface area (Å²) in [6.45, 7) is 1.74. The van der Waals surface area contributed by atoms with Crippen LogP contribution >= 0.6 is 0 Å². The summed E-state index contributed by atoms with van der Waals surface area (Å²) in [7, 11) is 7.71. The molecule has 34 heavy (non-hydrogen) atoms. The Labute approximate surface area is 199 Å². The zero-order chi connectivity index (χ0) is 24.2. The number of hydrogen-bond donors (Lipinski definition) is 2. The summed E-state index contributed by atoms with van der Waals surface area (Å²) in [6.07, 6.45) is 3.62. The van der Waals surface area contributed by atoms with E-state index in [1.54, 1.807) is 19.4 Å². The van der Waals surface area contributed by atoms with E-state index in [4.69, 9.17) is 15.7 Å². The second kappa shape index (κ2) is 9.68. The van der Waals surface area contributed by atoms with Crippen molar-refractivity contribution in [2.24, 2.45) is 0 Å². The number of nitrogen functional groups attached to an aromatic ring is 1. The van der Waals surface area contributed by atoms with Crippen LogP contribution in [0.15, 0.2) is 54.9 Å². The van der Waals surface area contributed by atoms with Crippen molar-refractivity contribution in [3.63, 3.8) is 0 Å². The number of methoxy groups -OCH3 is 1. The van der Waals surface area contributed by atoms with Crippen LogP contribution < -0.4 is 20.7 Å². The maximum Gasteiger partial charge on any atom is 0.229 e. The molecule has 0 amide bonds. The zero-order valence-electron chi connectivity index (χ0n) is 19.8. The molecule has 0 radical (unpaired) electrons. The molecule has 3 N–H and O–H groups in total. The molecule has 0 aliphatic rings. The van der Waals surface area contributed by atoms with Crippen molar-refractivity contribution in [3.8, 4) is 17.6 Å². The minimum atomic E-state index is 0.416. The van der Waals surface area contributed by atoms with Gasteiger partial charge in [-0.2, -0.15) is 10.2 Å². The topological polar surface area (TPSA) is 108 Å². The second-order valence-corrected chi connectivity index (χ2v) is 8.27. The Bertz CT molecular complexity index is 1360. The fraction of sp³-hybridized carbons (Fsp3) is 0.240. The lowest BCUT2D eigenvalue weighted by Gasteiger charge is -2.24. The summed E-state index contributed by atoms with van der Waals surface area (Å²) >= 11 is 0. The Kier molecular flexibility index (Phi) is 6.52. The first-order valence-electron chi connectivity index (χ1n) is 10.8. The molecule has 0 aliphatic heterocycles. The summed E-state index contributed by atoms with van der Waals surface area (Å²) in [4.78, 5) is 13.3. The van der Waals surface area contributed by atoms with Gasteiger partial charge in [-0.15, -0.1) is 0 Å². The van der Waals surface area contributed by atoms with E-state index in [1.807, 2.05) is 68.3 Å². The van der Waals surface area contributed by atoms with Crippen LogP contribution in [-0.2, 0) is 0 Å². The maximum absolute atomic E-state index is 9.15. The molecular formula is C25H28N8O. The Hall–Kier alpha value is -4.29. The zero-order valence-corrected chi connectivity index (χ0v) is 19.8. The van der Waals surface area contributed by atoms with Gasteiger partial charge in [0.15, 0.2) is 0 Å². The quantitative estimate of drug-likeness (QED) is 0.387. The van der Waals surface area contributed by atoms with E-state index in [9.17, 15) is 0 Å². The number of benzene rings is 2. The summed E-state index contributed by atoms with van der Waals surface area (Å²) < 4.78 is 7.58. The van der Waals surface area contributed by atoms with E-state index in [1.165, 1.54) is 0 Å². The van der Waals surface area contributed by atoms with Crippen molar-refractivity contribution >= 4 is 33.9 Å². The van der Waals surface area contributed by atoms with Gasteiger partial charge in [0.05, 0.1) is 41.3 Å². The van der Waals surface area contributed by atoms with E-state index >= 15 is 0 Å². The third-order valence-corrected chi connectivity index (χ3v) is 5.60. The number of nitrogens with one attached hydrogen (secondary N) is 1. The molecule has 9 heteroatoms. The molecule has 2 aromatic heterocycles. The standard InChI is InChI=1S/C25H28N8O/c1-31(2)11-12-32(3)22-15-23(34-4)20(14-19(22)27)29-25-28-9-7-24(30-25)33-10-8-18-13-17(16-26)5-6-21(18)33/h5-10,13-15H,11-12,27H2,1-4H3,(H,28,29,30). The molecule has 0 aliphatic carbocycles. The molecule has 4 rings (SSSR count). The fourth-order valence-electron chi connectivity index (χ4n) is 3.73. The average Bonchev–Trinajstić information content (AvgIpc) is 3.26. The third-order valence-electron chi connectivity index (χ3n) is 5.60. The minimum absolute atomic E-state index is 0.416. The number of nitrogens with zero attached hydrogens (tertiary/aromatic N) is 6. The van der Waals surface area contributed by atoms with E-state index in [-0.39, 0.29) is 0 Å². The SMILES string of the molecule is COc1cc(N(C)CCN(C)C)c(N)cc1Nc1nccc(-n2ccc3cc(C#N)ccc32)n1. The molecule has 0 atom stereocenters. The molecule has 174 valence electrons. The number of anilines is 4. The van der Waals surface area contributed by atoms with Crippen LogP contribution in [0.1, 0.15) is 5.56 Å². The molecule has 0 bridgehead atoms. The van der Waals surface area contributed by atoms with Gasteiger partial charge in [-0.3, -0.25) is 0 Å². The van der Waals surface area contributed by atoms with Crippen molar-refractivity contribution in [3.05, 3.63) is 60.4 Å². The number of nitrogens with two attached hydrogens (primary N) is 1. The molecule has 0 saturated carbocycles. The molecule has 2 heterocycles. The number of rotatable bonds is 8. The van der Waals surface area contributed by atoms with E-state index in [0.29, 0.717) is 34.5 Å². The maximum atomic E-state index is 9.15. The van der Waals surface area contributed by atoms with Crippen LogP contribution in [0.5, 0.6) is 5.75 Å². The molecular weight excluding hydrogens is 428 g/mol. The number of aromatic nitrogens is 3. The predicted molar refractivity (Wildman–Crippen MR) is 136 cm³/mol. The number of ether oxygens (including phenoxy) is 1. The third kappa shape index (κ3) is 4.72. The molecule has 0 unspecified atom stereocenters. The first-order valence-corrected chi connectivity index (χ1v) is 10.8. The van der Waals surface area contributed by atoms with Gasteiger partial charge in [0.25, 0.3) is 0 Å². The number of hydrogen-bond acceptors (Lipinski definition) is 8. The monoisotopic (exact) mass is 456 g/mol.